The molecule has 0 saturated heterocycles. The van der Waals surface area contributed by atoms with Crippen molar-refractivity contribution < 1.29 is 9.90 Å². The first-order valence-corrected chi connectivity index (χ1v) is 6.54. The molecule has 2 heterocycles. The van der Waals surface area contributed by atoms with Gasteiger partial charge in [0.1, 0.15) is 6.10 Å². The van der Waals surface area contributed by atoms with E-state index in [0.717, 1.165) is 23.3 Å². The molecule has 1 aliphatic carbocycles. The zero-order valence-corrected chi connectivity index (χ0v) is 11.1. The zero-order chi connectivity index (χ0) is 13.6. The van der Waals surface area contributed by atoms with E-state index in [1.54, 1.807) is 17.2 Å². The van der Waals surface area contributed by atoms with Crippen molar-refractivity contribution in [3.8, 4) is 0 Å². The number of carbonyl (C=O) groups excluding carboxylic acids is 1. The first-order valence-electron chi connectivity index (χ1n) is 6.54. The number of hydrogen-bond acceptors (Lipinski definition) is 3. The van der Waals surface area contributed by atoms with Gasteiger partial charge in [-0.1, -0.05) is 6.08 Å². The third kappa shape index (κ3) is 1.90. The van der Waals surface area contributed by atoms with Gasteiger partial charge in [-0.2, -0.15) is 0 Å². The molecular formula is C14H17N3O2. The van der Waals surface area contributed by atoms with Crippen LogP contribution in [0.2, 0.25) is 0 Å². The van der Waals surface area contributed by atoms with Crippen molar-refractivity contribution in [2.24, 2.45) is 4.99 Å². The number of urea groups is 1. The fourth-order valence-corrected chi connectivity index (χ4v) is 2.71. The predicted molar refractivity (Wildman–Crippen MR) is 72.7 cm³/mol. The molecule has 0 aromatic rings. The molecule has 0 aromatic carbocycles. The summed E-state index contributed by atoms with van der Waals surface area (Å²) in [5.74, 6) is 0. The van der Waals surface area contributed by atoms with Crippen LogP contribution < -0.4 is 5.32 Å². The topological polar surface area (TPSA) is 64.9 Å². The summed E-state index contributed by atoms with van der Waals surface area (Å²) < 4.78 is 0. The van der Waals surface area contributed by atoms with Crippen molar-refractivity contribution in [3.63, 3.8) is 0 Å². The second kappa shape index (κ2) is 4.35. The Morgan fingerprint density at radius 1 is 1.53 bits per heavy atom. The molecule has 5 nitrogen and oxygen atoms in total. The molecule has 100 valence electrons. The summed E-state index contributed by atoms with van der Waals surface area (Å²) in [4.78, 5) is 18.1. The number of aliphatic imine (C=N–C) groups is 1. The van der Waals surface area contributed by atoms with Gasteiger partial charge in [0.15, 0.2) is 0 Å². The van der Waals surface area contributed by atoms with E-state index in [1.807, 2.05) is 19.9 Å². The Hall–Kier alpha value is -1.88. The molecule has 0 radical (unpaired) electrons. The van der Waals surface area contributed by atoms with Crippen molar-refractivity contribution in [3.05, 3.63) is 35.2 Å². The van der Waals surface area contributed by atoms with Crippen LogP contribution in [0, 0.1) is 0 Å². The first kappa shape index (κ1) is 12.2. The molecule has 3 rings (SSSR count). The highest BCUT2D eigenvalue weighted by atomic mass is 16.3. The lowest BCUT2D eigenvalue weighted by atomic mass is 10.0. The lowest BCUT2D eigenvalue weighted by Gasteiger charge is -2.25. The number of aliphatic hydroxyl groups excluding tert-OH is 1. The number of carbonyl (C=O) groups is 1. The summed E-state index contributed by atoms with van der Waals surface area (Å²) in [6.45, 7) is 4.61. The van der Waals surface area contributed by atoms with Gasteiger partial charge in [0.05, 0.1) is 11.4 Å². The summed E-state index contributed by atoms with van der Waals surface area (Å²) >= 11 is 0. The molecule has 2 amide bonds. The first-order chi connectivity index (χ1) is 9.08. The minimum atomic E-state index is -0.702. The second-order valence-corrected chi connectivity index (χ2v) is 5.19. The maximum absolute atomic E-state index is 11.8. The standard InChI is InChI=1S/C14H17N3O2/c1-8(2)16-12-10-5-6-17-13(10)9(3-4-11(12)18)7-15-14(17)19/h3-4,7-8,11,18H,5-6H2,1-2H3,(H,15,19). The molecule has 5 heteroatoms. The number of hydrogen-bond donors (Lipinski definition) is 2. The number of nitrogens with one attached hydrogen (secondary N) is 1. The lowest BCUT2D eigenvalue weighted by molar-refractivity contribution is 0.217. The summed E-state index contributed by atoms with van der Waals surface area (Å²) in [7, 11) is 0. The highest BCUT2D eigenvalue weighted by Crippen LogP contribution is 2.35. The van der Waals surface area contributed by atoms with Crippen molar-refractivity contribution in [2.45, 2.75) is 32.4 Å². The maximum atomic E-state index is 11.8. The summed E-state index contributed by atoms with van der Waals surface area (Å²) in [5.41, 5.74) is 3.52. The fraction of sp³-hybridized carbons (Fsp3) is 0.429. The maximum Gasteiger partial charge on any atom is 0.325 e. The van der Waals surface area contributed by atoms with Gasteiger partial charge in [-0.3, -0.25) is 9.89 Å². The van der Waals surface area contributed by atoms with E-state index in [9.17, 15) is 9.90 Å². The quantitative estimate of drug-likeness (QED) is 0.746. The molecule has 3 aliphatic rings. The number of allylic oxidation sites excluding steroid dienone is 1. The SMILES string of the molecule is CC(C)N=C1C2=C3C(=CNC(=O)N3CC2)C=CC1O. The van der Waals surface area contributed by atoms with Crippen LogP contribution in [0.3, 0.4) is 0 Å². The van der Waals surface area contributed by atoms with Gasteiger partial charge < -0.3 is 10.4 Å². The predicted octanol–water partition coefficient (Wildman–Crippen LogP) is 1.33. The third-order valence-corrected chi connectivity index (χ3v) is 3.46. The van der Waals surface area contributed by atoms with E-state index in [4.69, 9.17) is 0 Å². The summed E-state index contributed by atoms with van der Waals surface area (Å²) in [5, 5.41) is 13.0. The highest BCUT2D eigenvalue weighted by molar-refractivity contribution is 6.07. The Balaban J connectivity index is 2.18. The van der Waals surface area contributed by atoms with Gasteiger partial charge >= 0.3 is 6.03 Å². The van der Waals surface area contributed by atoms with Crippen molar-refractivity contribution >= 4 is 11.7 Å². The lowest BCUT2D eigenvalue weighted by Crippen LogP contribution is -2.39. The van der Waals surface area contributed by atoms with Gasteiger partial charge in [-0.15, -0.1) is 0 Å². The van der Waals surface area contributed by atoms with Crippen LogP contribution >= 0.6 is 0 Å². The van der Waals surface area contributed by atoms with E-state index in [1.165, 1.54) is 0 Å². The van der Waals surface area contributed by atoms with Gasteiger partial charge in [-0.25, -0.2) is 4.79 Å². The molecular weight excluding hydrogens is 242 g/mol. The van der Waals surface area contributed by atoms with Crippen LogP contribution in [0.1, 0.15) is 20.3 Å². The molecule has 19 heavy (non-hydrogen) atoms. The minimum Gasteiger partial charge on any atom is -0.383 e. The van der Waals surface area contributed by atoms with Crippen LogP contribution in [0.4, 0.5) is 4.79 Å². The van der Waals surface area contributed by atoms with Crippen molar-refractivity contribution in [1.82, 2.24) is 10.2 Å². The molecule has 0 spiro atoms. The van der Waals surface area contributed by atoms with E-state index in [0.29, 0.717) is 12.3 Å². The highest BCUT2D eigenvalue weighted by Gasteiger charge is 2.36. The van der Waals surface area contributed by atoms with Gasteiger partial charge in [0.2, 0.25) is 0 Å². The summed E-state index contributed by atoms with van der Waals surface area (Å²) in [6.07, 6.45) is 5.30. The number of aliphatic hydroxyl groups is 1. The van der Waals surface area contributed by atoms with Crippen molar-refractivity contribution in [1.29, 1.82) is 0 Å². The fourth-order valence-electron chi connectivity index (χ4n) is 2.71. The Kier molecular flexibility index (Phi) is 2.78. The summed E-state index contributed by atoms with van der Waals surface area (Å²) in [6, 6.07) is 0.00517. The molecule has 0 bridgehead atoms. The van der Waals surface area contributed by atoms with Crippen LogP contribution in [-0.4, -0.2) is 40.4 Å². The molecule has 0 aromatic heterocycles. The molecule has 2 aliphatic heterocycles. The number of amides is 2. The van der Waals surface area contributed by atoms with Gasteiger partial charge in [-0.05, 0) is 26.3 Å². The van der Waals surface area contributed by atoms with E-state index in [2.05, 4.69) is 10.3 Å². The largest absolute Gasteiger partial charge is 0.383 e. The van der Waals surface area contributed by atoms with Gasteiger partial charge in [0.25, 0.3) is 0 Å². The Morgan fingerprint density at radius 3 is 3.05 bits per heavy atom. The van der Waals surface area contributed by atoms with Crippen LogP contribution in [-0.2, 0) is 0 Å². The Bertz CT molecular complexity index is 555. The Labute approximate surface area is 112 Å². The van der Waals surface area contributed by atoms with Crippen LogP contribution in [0.15, 0.2) is 40.2 Å². The van der Waals surface area contributed by atoms with Crippen molar-refractivity contribution in [2.75, 3.05) is 6.54 Å². The molecule has 1 unspecified atom stereocenters. The second-order valence-electron chi connectivity index (χ2n) is 5.19. The third-order valence-electron chi connectivity index (χ3n) is 3.46. The van der Waals surface area contributed by atoms with E-state index in [-0.39, 0.29) is 12.1 Å². The van der Waals surface area contributed by atoms with Gasteiger partial charge in [0, 0.05) is 29.9 Å². The number of nitrogens with zero attached hydrogens (tertiary/aromatic N) is 2. The zero-order valence-electron chi connectivity index (χ0n) is 11.1. The normalized spacial score (nSPS) is 27.7. The number of rotatable bonds is 1. The molecule has 0 saturated carbocycles. The molecule has 0 fully saturated rings. The average molecular weight is 259 g/mol. The monoisotopic (exact) mass is 259 g/mol. The molecule has 2 N–H and O–H groups in total. The minimum absolute atomic E-state index is 0.109. The smallest absolute Gasteiger partial charge is 0.325 e. The van der Waals surface area contributed by atoms with Crippen LogP contribution in [0.5, 0.6) is 0 Å². The van der Waals surface area contributed by atoms with E-state index < -0.39 is 6.10 Å². The van der Waals surface area contributed by atoms with Crippen LogP contribution in [0.25, 0.3) is 0 Å². The van der Waals surface area contributed by atoms with E-state index >= 15 is 0 Å². The molecule has 1 atom stereocenters. The average Bonchev–Trinajstić information content (AvgIpc) is 2.75. The Morgan fingerprint density at radius 2 is 2.32 bits per heavy atom.